The van der Waals surface area contributed by atoms with Crippen LogP contribution in [-0.4, -0.2) is 35.7 Å². The summed E-state index contributed by atoms with van der Waals surface area (Å²) in [6.45, 7) is 0. The summed E-state index contributed by atoms with van der Waals surface area (Å²) in [4.78, 5) is 39.4. The predicted octanol–water partition coefficient (Wildman–Crippen LogP) is 4.55. The van der Waals surface area contributed by atoms with Crippen LogP contribution in [0.15, 0.2) is 88.3 Å². The molecule has 0 amide bonds. The van der Waals surface area contributed by atoms with Crippen LogP contribution in [0.5, 0.6) is 40.2 Å². The van der Waals surface area contributed by atoms with Gasteiger partial charge < -0.3 is 49.0 Å². The van der Waals surface area contributed by atoms with Crippen LogP contribution in [0.4, 0.5) is 0 Å². The van der Waals surface area contributed by atoms with Gasteiger partial charge in [0.05, 0.1) is 5.39 Å². The van der Waals surface area contributed by atoms with E-state index in [0.29, 0.717) is 5.56 Å². The highest BCUT2D eigenvalue weighted by Crippen LogP contribution is 2.36. The Morgan fingerprint density at radius 3 is 1.78 bits per heavy atom. The standard InChI is InChI=1S/C33H20O13/c34-20-5-2-14(8-22(20)36)1-4-16-10-26(40)29(32(42)44-16)19(7-15-3-6-21(35)23(37)9-15)27-13-28-30(33(43)45-27)17-11-24(38)25(39)12-18(17)31(41)46-28/h1-13,34-40H/b4-1+,19-7+. The number of rotatable bonds is 5. The highest BCUT2D eigenvalue weighted by molar-refractivity contribution is 6.05. The van der Waals surface area contributed by atoms with Crippen molar-refractivity contribution in [3.63, 3.8) is 0 Å². The van der Waals surface area contributed by atoms with Crippen molar-refractivity contribution >= 4 is 45.5 Å². The van der Waals surface area contributed by atoms with Crippen molar-refractivity contribution in [3.05, 3.63) is 120 Å². The molecule has 6 rings (SSSR count). The lowest BCUT2D eigenvalue weighted by Gasteiger charge is -2.11. The molecule has 0 radical (unpaired) electrons. The summed E-state index contributed by atoms with van der Waals surface area (Å²) in [7, 11) is 0. The molecule has 13 heteroatoms. The molecule has 0 fully saturated rings. The van der Waals surface area contributed by atoms with Crippen LogP contribution < -0.4 is 16.9 Å². The second kappa shape index (κ2) is 11.0. The molecule has 230 valence electrons. The van der Waals surface area contributed by atoms with Crippen LogP contribution in [0.25, 0.3) is 45.5 Å². The highest BCUT2D eigenvalue weighted by Gasteiger charge is 2.23. The third kappa shape index (κ3) is 5.24. The SMILES string of the molecule is O=c1oc(/C=C/c2ccc(O)c(O)c2)cc(O)c1/C(=C/c1ccc(O)c(O)c1)c1cc2oc(=O)c3cc(O)c(O)cc3c2c(=O)o1. The fraction of sp³-hybridized carbons (Fsp3) is 0. The Bertz CT molecular complexity index is 2460. The number of aromatic hydroxyl groups is 7. The van der Waals surface area contributed by atoms with Gasteiger partial charge in [0.25, 0.3) is 0 Å². The third-order valence-electron chi connectivity index (χ3n) is 6.96. The van der Waals surface area contributed by atoms with Gasteiger partial charge in [-0.15, -0.1) is 0 Å². The molecule has 0 spiro atoms. The Labute approximate surface area is 255 Å². The van der Waals surface area contributed by atoms with E-state index in [-0.39, 0.29) is 55.9 Å². The topological polar surface area (TPSA) is 232 Å². The normalized spacial score (nSPS) is 12.0. The van der Waals surface area contributed by atoms with Gasteiger partial charge in [-0.05, 0) is 59.7 Å². The van der Waals surface area contributed by atoms with Gasteiger partial charge in [0.15, 0.2) is 34.5 Å². The fourth-order valence-corrected chi connectivity index (χ4v) is 4.75. The minimum atomic E-state index is -1.11. The van der Waals surface area contributed by atoms with Gasteiger partial charge in [-0.25, -0.2) is 14.4 Å². The smallest absolute Gasteiger partial charge is 0.348 e. The van der Waals surface area contributed by atoms with Gasteiger partial charge >= 0.3 is 16.9 Å². The number of phenolic OH excluding ortho intramolecular Hbond substituents is 6. The number of hydrogen-bond acceptors (Lipinski definition) is 13. The van der Waals surface area contributed by atoms with Gasteiger partial charge in [-0.3, -0.25) is 0 Å². The molecule has 3 aromatic heterocycles. The minimum Gasteiger partial charge on any atom is -0.507 e. The van der Waals surface area contributed by atoms with Crippen molar-refractivity contribution in [1.82, 2.24) is 0 Å². The third-order valence-corrected chi connectivity index (χ3v) is 6.96. The molecular formula is C33H20O13. The average molecular weight is 625 g/mol. The predicted molar refractivity (Wildman–Crippen MR) is 164 cm³/mol. The number of benzene rings is 3. The van der Waals surface area contributed by atoms with E-state index in [0.717, 1.165) is 36.4 Å². The maximum Gasteiger partial charge on any atom is 0.348 e. The van der Waals surface area contributed by atoms with Crippen LogP contribution in [0.1, 0.15) is 28.2 Å². The summed E-state index contributed by atoms with van der Waals surface area (Å²) in [5.74, 6) is -4.07. The summed E-state index contributed by atoms with van der Waals surface area (Å²) in [5, 5.41) is 69.3. The molecule has 3 aromatic carbocycles. The van der Waals surface area contributed by atoms with Crippen molar-refractivity contribution < 1.29 is 49.0 Å². The molecule has 3 heterocycles. The largest absolute Gasteiger partial charge is 0.507 e. The van der Waals surface area contributed by atoms with Gasteiger partial charge in [-0.1, -0.05) is 18.2 Å². The molecule has 0 unspecified atom stereocenters. The number of fused-ring (bicyclic) bond motifs is 3. The molecule has 0 saturated heterocycles. The van der Waals surface area contributed by atoms with Crippen LogP contribution in [0, 0.1) is 0 Å². The van der Waals surface area contributed by atoms with E-state index >= 15 is 0 Å². The average Bonchev–Trinajstić information content (AvgIpc) is 2.99. The molecule has 0 aliphatic carbocycles. The molecular weight excluding hydrogens is 604 g/mol. The molecule has 6 aromatic rings. The van der Waals surface area contributed by atoms with Crippen molar-refractivity contribution in [2.45, 2.75) is 0 Å². The molecule has 0 saturated carbocycles. The molecule has 7 N–H and O–H groups in total. The van der Waals surface area contributed by atoms with Crippen molar-refractivity contribution in [1.29, 1.82) is 0 Å². The zero-order valence-corrected chi connectivity index (χ0v) is 23.1. The van der Waals surface area contributed by atoms with Crippen LogP contribution in [-0.2, 0) is 0 Å². The summed E-state index contributed by atoms with van der Waals surface area (Å²) in [5.41, 5.74) is -3.64. The second-order valence-corrected chi connectivity index (χ2v) is 10.00. The first-order valence-corrected chi connectivity index (χ1v) is 13.2. The van der Waals surface area contributed by atoms with E-state index in [2.05, 4.69) is 0 Å². The van der Waals surface area contributed by atoms with E-state index in [9.17, 15) is 50.1 Å². The second-order valence-electron chi connectivity index (χ2n) is 10.00. The maximum atomic E-state index is 13.3. The summed E-state index contributed by atoms with van der Waals surface area (Å²) < 4.78 is 16.2. The summed E-state index contributed by atoms with van der Waals surface area (Å²) in [6.07, 6.45) is 3.97. The first kappa shape index (κ1) is 29.2. The van der Waals surface area contributed by atoms with E-state index in [1.54, 1.807) is 0 Å². The first-order valence-electron chi connectivity index (χ1n) is 13.2. The zero-order valence-electron chi connectivity index (χ0n) is 23.1. The monoisotopic (exact) mass is 624 g/mol. The highest BCUT2D eigenvalue weighted by atomic mass is 16.4. The Kier molecular flexibility index (Phi) is 6.97. The van der Waals surface area contributed by atoms with Gasteiger partial charge in [0.2, 0.25) is 0 Å². The summed E-state index contributed by atoms with van der Waals surface area (Å²) in [6, 6.07) is 11.7. The Morgan fingerprint density at radius 1 is 0.522 bits per heavy atom. The number of hydrogen-bond donors (Lipinski definition) is 7. The molecule has 0 aliphatic heterocycles. The van der Waals surface area contributed by atoms with Gasteiger partial charge in [-0.2, -0.15) is 0 Å². The zero-order chi connectivity index (χ0) is 32.9. The molecule has 0 atom stereocenters. The first-order chi connectivity index (χ1) is 21.9. The van der Waals surface area contributed by atoms with Crippen molar-refractivity contribution in [2.75, 3.05) is 0 Å². The van der Waals surface area contributed by atoms with Crippen LogP contribution >= 0.6 is 0 Å². The lowest BCUT2D eigenvalue weighted by atomic mass is 9.99. The van der Waals surface area contributed by atoms with Gasteiger partial charge in [0.1, 0.15) is 33.8 Å². The number of phenols is 6. The van der Waals surface area contributed by atoms with E-state index in [1.807, 2.05) is 0 Å². The Balaban J connectivity index is 1.55. The Morgan fingerprint density at radius 2 is 1.13 bits per heavy atom. The van der Waals surface area contributed by atoms with Crippen LogP contribution in [0.2, 0.25) is 0 Å². The van der Waals surface area contributed by atoms with E-state index < -0.39 is 51.2 Å². The molecule has 13 nitrogen and oxygen atoms in total. The van der Waals surface area contributed by atoms with Crippen molar-refractivity contribution in [2.24, 2.45) is 0 Å². The lowest BCUT2D eigenvalue weighted by Crippen LogP contribution is -2.11. The molecule has 46 heavy (non-hydrogen) atoms. The summed E-state index contributed by atoms with van der Waals surface area (Å²) >= 11 is 0. The Hall–Kier alpha value is -6.89. The van der Waals surface area contributed by atoms with Crippen molar-refractivity contribution in [3.8, 4) is 40.2 Å². The van der Waals surface area contributed by atoms with Gasteiger partial charge in [0, 0.05) is 23.1 Å². The molecule has 0 bridgehead atoms. The fourth-order valence-electron chi connectivity index (χ4n) is 4.75. The van der Waals surface area contributed by atoms with E-state index in [1.165, 1.54) is 42.5 Å². The minimum absolute atomic E-state index is 0.0868. The van der Waals surface area contributed by atoms with E-state index in [4.69, 9.17) is 13.3 Å². The quantitative estimate of drug-likeness (QED) is 0.103. The molecule has 0 aliphatic rings. The van der Waals surface area contributed by atoms with Crippen LogP contribution in [0.3, 0.4) is 0 Å². The lowest BCUT2D eigenvalue weighted by molar-refractivity contribution is 0.403. The maximum absolute atomic E-state index is 13.3.